The fourth-order valence-corrected chi connectivity index (χ4v) is 0.898. The number of benzene rings is 1. The molecule has 1 aromatic rings. The van der Waals surface area contributed by atoms with Gasteiger partial charge in [0.2, 0.25) is 0 Å². The molecule has 1 aromatic carbocycles. The summed E-state index contributed by atoms with van der Waals surface area (Å²) in [7, 11) is 1.75. The zero-order valence-electron chi connectivity index (χ0n) is 5.90. The molecule has 11 heavy (non-hydrogen) atoms. The van der Waals surface area contributed by atoms with Gasteiger partial charge in [0.25, 0.3) is 0 Å². The second kappa shape index (κ2) is 4.57. The van der Waals surface area contributed by atoms with Gasteiger partial charge in [0.15, 0.2) is 0 Å². The quantitative estimate of drug-likeness (QED) is 0.795. The molecule has 1 N–H and O–H groups in total. The van der Waals surface area contributed by atoms with E-state index >= 15 is 0 Å². The minimum atomic E-state index is -0.244. The monoisotopic (exact) mass is 239 g/mol. The van der Waals surface area contributed by atoms with E-state index in [2.05, 4.69) is 21.2 Å². The van der Waals surface area contributed by atoms with Crippen molar-refractivity contribution in [2.24, 2.45) is 0 Å². The van der Waals surface area contributed by atoms with E-state index in [9.17, 15) is 4.39 Å². The predicted molar refractivity (Wildman–Crippen MR) is 50.9 cm³/mol. The van der Waals surface area contributed by atoms with Crippen molar-refractivity contribution in [3.8, 4) is 0 Å². The average Bonchev–Trinajstić information content (AvgIpc) is 1.95. The van der Waals surface area contributed by atoms with Gasteiger partial charge >= 0.3 is 0 Å². The number of anilines is 1. The zero-order valence-corrected chi connectivity index (χ0v) is 8.30. The molecular formula is C7H8BrClFN. The van der Waals surface area contributed by atoms with Crippen LogP contribution in [0, 0.1) is 5.82 Å². The Morgan fingerprint density at radius 3 is 2.55 bits per heavy atom. The summed E-state index contributed by atoms with van der Waals surface area (Å²) in [6.07, 6.45) is 0. The Bertz CT molecular complexity index is 242. The highest BCUT2D eigenvalue weighted by atomic mass is 79.9. The Kier molecular flexibility index (Phi) is 4.45. The first-order valence-corrected chi connectivity index (χ1v) is 3.66. The first-order chi connectivity index (χ1) is 4.74. The average molecular weight is 241 g/mol. The van der Waals surface area contributed by atoms with Crippen LogP contribution in [0.1, 0.15) is 0 Å². The summed E-state index contributed by atoms with van der Waals surface area (Å²) in [5.41, 5.74) is 0.778. The molecule has 0 aliphatic carbocycles. The van der Waals surface area contributed by atoms with E-state index in [1.54, 1.807) is 19.2 Å². The van der Waals surface area contributed by atoms with Gasteiger partial charge in [0.05, 0.1) is 4.47 Å². The maximum absolute atomic E-state index is 12.7. The second-order valence-corrected chi connectivity index (χ2v) is 2.73. The molecule has 0 aliphatic heterocycles. The maximum Gasteiger partial charge on any atom is 0.139 e. The number of nitrogens with one attached hydrogen (secondary N) is 1. The molecule has 0 spiro atoms. The molecule has 0 atom stereocenters. The van der Waals surface area contributed by atoms with Crippen LogP contribution in [0.15, 0.2) is 22.7 Å². The Hall–Kier alpha value is -0.280. The smallest absolute Gasteiger partial charge is 0.139 e. The summed E-state index contributed by atoms with van der Waals surface area (Å²) in [6, 6.07) is 4.90. The maximum atomic E-state index is 12.7. The fraction of sp³-hybridized carbons (Fsp3) is 0.143. The van der Waals surface area contributed by atoms with Gasteiger partial charge in [-0.15, -0.1) is 12.4 Å². The molecule has 0 saturated heterocycles. The van der Waals surface area contributed by atoms with Crippen molar-refractivity contribution in [3.63, 3.8) is 0 Å². The Morgan fingerprint density at radius 1 is 1.45 bits per heavy atom. The zero-order chi connectivity index (χ0) is 7.56. The lowest BCUT2D eigenvalue weighted by Crippen LogP contribution is -1.88. The van der Waals surface area contributed by atoms with Gasteiger partial charge in [-0.1, -0.05) is 0 Å². The molecule has 0 bridgehead atoms. The first kappa shape index (κ1) is 10.7. The van der Waals surface area contributed by atoms with Crippen LogP contribution < -0.4 is 5.32 Å². The summed E-state index contributed by atoms with van der Waals surface area (Å²) < 4.78 is 13.2. The van der Waals surface area contributed by atoms with Crippen molar-refractivity contribution in [1.82, 2.24) is 0 Å². The molecule has 62 valence electrons. The van der Waals surface area contributed by atoms with Crippen molar-refractivity contribution in [1.29, 1.82) is 0 Å². The molecule has 0 aromatic heterocycles. The van der Waals surface area contributed by atoms with Gasteiger partial charge in [-0.25, -0.2) is 4.39 Å². The molecule has 0 fully saturated rings. The van der Waals surface area contributed by atoms with Crippen LogP contribution in [0.2, 0.25) is 0 Å². The first-order valence-electron chi connectivity index (χ1n) is 2.87. The topological polar surface area (TPSA) is 12.0 Å². The lowest BCUT2D eigenvalue weighted by molar-refractivity contribution is 0.621. The highest BCUT2D eigenvalue weighted by molar-refractivity contribution is 9.10. The van der Waals surface area contributed by atoms with Crippen LogP contribution in [0.5, 0.6) is 0 Å². The van der Waals surface area contributed by atoms with Crippen LogP contribution >= 0.6 is 28.3 Å². The van der Waals surface area contributed by atoms with E-state index < -0.39 is 0 Å². The van der Waals surface area contributed by atoms with Gasteiger partial charge in [-0.3, -0.25) is 0 Å². The number of hydrogen-bond donors (Lipinski definition) is 1. The van der Waals surface area contributed by atoms with Gasteiger partial charge in [-0.2, -0.15) is 0 Å². The van der Waals surface area contributed by atoms with Crippen molar-refractivity contribution in [3.05, 3.63) is 28.5 Å². The molecule has 0 aliphatic rings. The van der Waals surface area contributed by atoms with Crippen LogP contribution in [-0.2, 0) is 0 Å². The van der Waals surface area contributed by atoms with Gasteiger partial charge in [0.1, 0.15) is 5.82 Å². The molecular weight excluding hydrogens is 232 g/mol. The Balaban J connectivity index is 0.000001000. The van der Waals surface area contributed by atoms with Gasteiger partial charge < -0.3 is 5.32 Å². The standard InChI is InChI=1S/C7H7BrFN.ClH/c1-10-5-2-3-6(8)7(9)4-5;/h2-4,10H,1H3;1H. The molecule has 0 saturated carbocycles. The largest absolute Gasteiger partial charge is 0.388 e. The van der Waals surface area contributed by atoms with E-state index in [0.29, 0.717) is 4.47 Å². The van der Waals surface area contributed by atoms with Gasteiger partial charge in [-0.05, 0) is 34.1 Å². The summed E-state index contributed by atoms with van der Waals surface area (Å²) in [4.78, 5) is 0. The lowest BCUT2D eigenvalue weighted by Gasteiger charge is -1.99. The fourth-order valence-electron chi connectivity index (χ4n) is 0.652. The predicted octanol–water partition coefficient (Wildman–Crippen LogP) is 3.05. The van der Waals surface area contributed by atoms with Crippen LogP contribution in [0.4, 0.5) is 10.1 Å². The summed E-state index contributed by atoms with van der Waals surface area (Å²) in [5, 5.41) is 2.83. The Labute approximate surface area is 79.5 Å². The summed E-state index contributed by atoms with van der Waals surface area (Å²) >= 11 is 3.06. The highest BCUT2D eigenvalue weighted by Gasteiger charge is 1.97. The van der Waals surface area contributed by atoms with Crippen molar-refractivity contribution < 1.29 is 4.39 Å². The third-order valence-corrected chi connectivity index (χ3v) is 1.85. The third kappa shape index (κ3) is 2.67. The number of halogens is 3. The summed E-state index contributed by atoms with van der Waals surface area (Å²) in [5.74, 6) is -0.244. The second-order valence-electron chi connectivity index (χ2n) is 1.88. The third-order valence-electron chi connectivity index (χ3n) is 1.21. The molecule has 1 nitrogen and oxygen atoms in total. The van der Waals surface area contributed by atoms with Crippen molar-refractivity contribution >= 4 is 34.0 Å². The van der Waals surface area contributed by atoms with E-state index in [-0.39, 0.29) is 18.2 Å². The molecule has 0 heterocycles. The molecule has 0 radical (unpaired) electrons. The van der Waals surface area contributed by atoms with Crippen LogP contribution in [0.25, 0.3) is 0 Å². The van der Waals surface area contributed by atoms with Crippen LogP contribution in [-0.4, -0.2) is 7.05 Å². The minimum absolute atomic E-state index is 0. The van der Waals surface area contributed by atoms with Crippen molar-refractivity contribution in [2.75, 3.05) is 12.4 Å². The van der Waals surface area contributed by atoms with E-state index in [0.717, 1.165) is 5.69 Å². The van der Waals surface area contributed by atoms with E-state index in [4.69, 9.17) is 0 Å². The van der Waals surface area contributed by atoms with Gasteiger partial charge in [0, 0.05) is 12.7 Å². The Morgan fingerprint density at radius 2 is 2.09 bits per heavy atom. The minimum Gasteiger partial charge on any atom is -0.388 e. The molecule has 0 unspecified atom stereocenters. The highest BCUT2D eigenvalue weighted by Crippen LogP contribution is 2.18. The summed E-state index contributed by atoms with van der Waals surface area (Å²) in [6.45, 7) is 0. The van der Waals surface area contributed by atoms with Crippen LogP contribution in [0.3, 0.4) is 0 Å². The lowest BCUT2D eigenvalue weighted by atomic mass is 10.3. The van der Waals surface area contributed by atoms with E-state index in [1.165, 1.54) is 6.07 Å². The SMILES string of the molecule is CNc1ccc(Br)c(F)c1.Cl. The van der Waals surface area contributed by atoms with Crippen molar-refractivity contribution in [2.45, 2.75) is 0 Å². The number of hydrogen-bond acceptors (Lipinski definition) is 1. The normalized spacial score (nSPS) is 8.64. The number of rotatable bonds is 1. The van der Waals surface area contributed by atoms with E-state index in [1.807, 2.05) is 0 Å². The molecule has 1 rings (SSSR count). The molecule has 4 heteroatoms. The molecule has 0 amide bonds.